The molecule has 0 radical (unpaired) electrons. The molecule has 20 heavy (non-hydrogen) atoms. The second kappa shape index (κ2) is 5.39. The van der Waals surface area contributed by atoms with E-state index in [2.05, 4.69) is 56.3 Å². The van der Waals surface area contributed by atoms with E-state index in [1.54, 1.807) is 0 Å². The van der Waals surface area contributed by atoms with Gasteiger partial charge < -0.3 is 10.5 Å². The topological polar surface area (TPSA) is 35.2 Å². The van der Waals surface area contributed by atoms with E-state index in [4.69, 9.17) is 10.5 Å². The molecule has 1 atom stereocenters. The lowest BCUT2D eigenvalue weighted by atomic mass is 9.94. The zero-order valence-electron chi connectivity index (χ0n) is 12.1. The van der Waals surface area contributed by atoms with Gasteiger partial charge in [0.05, 0.1) is 19.3 Å². The molecule has 0 spiro atoms. The van der Waals surface area contributed by atoms with Crippen LogP contribution in [0.2, 0.25) is 0 Å². The van der Waals surface area contributed by atoms with E-state index in [-0.39, 0.29) is 6.04 Å². The fourth-order valence-electron chi connectivity index (χ4n) is 2.67. The number of hydrogen-bond donors (Lipinski definition) is 1. The summed E-state index contributed by atoms with van der Waals surface area (Å²) in [4.78, 5) is 0. The Bertz CT molecular complexity index is 601. The van der Waals surface area contributed by atoms with Gasteiger partial charge in [0.1, 0.15) is 0 Å². The SMILES string of the molecule is CC(C)c1ccc(C(N)c2ccc3c(c2)COC3)cc1. The molecule has 0 saturated heterocycles. The van der Waals surface area contributed by atoms with Crippen molar-refractivity contribution in [2.75, 3.05) is 0 Å². The summed E-state index contributed by atoms with van der Waals surface area (Å²) in [5.41, 5.74) is 12.6. The van der Waals surface area contributed by atoms with Crippen molar-refractivity contribution in [1.82, 2.24) is 0 Å². The van der Waals surface area contributed by atoms with Crippen molar-refractivity contribution in [3.05, 3.63) is 70.3 Å². The van der Waals surface area contributed by atoms with Crippen molar-refractivity contribution >= 4 is 0 Å². The molecular weight excluding hydrogens is 246 g/mol. The van der Waals surface area contributed by atoms with Crippen molar-refractivity contribution in [3.63, 3.8) is 0 Å². The average molecular weight is 267 g/mol. The summed E-state index contributed by atoms with van der Waals surface area (Å²) in [6.07, 6.45) is 0. The Hall–Kier alpha value is -1.64. The first-order valence-electron chi connectivity index (χ1n) is 7.20. The Balaban J connectivity index is 1.86. The third kappa shape index (κ3) is 2.49. The number of hydrogen-bond acceptors (Lipinski definition) is 2. The fourth-order valence-corrected chi connectivity index (χ4v) is 2.67. The zero-order valence-corrected chi connectivity index (χ0v) is 12.1. The Morgan fingerprint density at radius 2 is 1.45 bits per heavy atom. The van der Waals surface area contributed by atoms with Gasteiger partial charge in [-0.3, -0.25) is 0 Å². The van der Waals surface area contributed by atoms with Crippen LogP contribution in [0.4, 0.5) is 0 Å². The van der Waals surface area contributed by atoms with Gasteiger partial charge in [-0.2, -0.15) is 0 Å². The first-order chi connectivity index (χ1) is 9.65. The number of nitrogens with two attached hydrogens (primary N) is 1. The quantitative estimate of drug-likeness (QED) is 0.915. The van der Waals surface area contributed by atoms with Crippen LogP contribution in [0.5, 0.6) is 0 Å². The predicted octanol–water partition coefficient (Wildman–Crippen LogP) is 3.89. The van der Waals surface area contributed by atoms with E-state index < -0.39 is 0 Å². The van der Waals surface area contributed by atoms with Crippen LogP contribution in [0.25, 0.3) is 0 Å². The molecule has 2 nitrogen and oxygen atoms in total. The molecule has 104 valence electrons. The van der Waals surface area contributed by atoms with Gasteiger partial charge in [0, 0.05) is 0 Å². The summed E-state index contributed by atoms with van der Waals surface area (Å²) < 4.78 is 5.46. The fraction of sp³-hybridized carbons (Fsp3) is 0.333. The molecule has 0 aromatic heterocycles. The van der Waals surface area contributed by atoms with Crippen LogP contribution >= 0.6 is 0 Å². The number of ether oxygens (including phenoxy) is 1. The van der Waals surface area contributed by atoms with Crippen molar-refractivity contribution in [1.29, 1.82) is 0 Å². The van der Waals surface area contributed by atoms with Crippen LogP contribution in [-0.2, 0) is 18.0 Å². The highest BCUT2D eigenvalue weighted by atomic mass is 16.5. The third-order valence-electron chi connectivity index (χ3n) is 4.07. The Morgan fingerprint density at radius 3 is 2.15 bits per heavy atom. The maximum atomic E-state index is 6.40. The molecule has 2 aromatic rings. The molecule has 0 fully saturated rings. The Morgan fingerprint density at radius 1 is 0.850 bits per heavy atom. The Labute approximate surface area is 120 Å². The molecule has 1 aliphatic rings. The molecule has 0 bridgehead atoms. The standard InChI is InChI=1S/C18H21NO/c1-12(2)13-3-5-14(6-4-13)18(19)15-7-8-16-10-20-11-17(16)9-15/h3-9,12,18H,10-11,19H2,1-2H3. The van der Waals surface area contributed by atoms with Gasteiger partial charge in [-0.25, -0.2) is 0 Å². The van der Waals surface area contributed by atoms with Gasteiger partial charge in [0.2, 0.25) is 0 Å². The van der Waals surface area contributed by atoms with Crippen LogP contribution in [-0.4, -0.2) is 0 Å². The van der Waals surface area contributed by atoms with Gasteiger partial charge in [0.25, 0.3) is 0 Å². The van der Waals surface area contributed by atoms with Crippen molar-refractivity contribution in [3.8, 4) is 0 Å². The van der Waals surface area contributed by atoms with Crippen LogP contribution in [0.3, 0.4) is 0 Å². The highest BCUT2D eigenvalue weighted by molar-refractivity contribution is 5.39. The second-order valence-corrected chi connectivity index (χ2v) is 5.82. The maximum absolute atomic E-state index is 6.40. The number of fused-ring (bicyclic) bond motifs is 1. The lowest BCUT2D eigenvalue weighted by Crippen LogP contribution is -2.12. The lowest BCUT2D eigenvalue weighted by molar-refractivity contribution is 0.134. The predicted molar refractivity (Wildman–Crippen MR) is 81.5 cm³/mol. The zero-order chi connectivity index (χ0) is 14.1. The summed E-state index contributed by atoms with van der Waals surface area (Å²) in [7, 11) is 0. The minimum atomic E-state index is -0.0675. The summed E-state index contributed by atoms with van der Waals surface area (Å²) in [5.74, 6) is 0.553. The van der Waals surface area contributed by atoms with Gasteiger partial charge >= 0.3 is 0 Å². The minimum Gasteiger partial charge on any atom is -0.372 e. The van der Waals surface area contributed by atoms with Gasteiger partial charge in [0.15, 0.2) is 0 Å². The first kappa shape index (κ1) is 13.3. The molecule has 1 heterocycles. The normalized spacial score (nSPS) is 15.4. The van der Waals surface area contributed by atoms with Crippen LogP contribution < -0.4 is 5.73 Å². The monoisotopic (exact) mass is 267 g/mol. The molecule has 1 unspecified atom stereocenters. The summed E-state index contributed by atoms with van der Waals surface area (Å²) in [6.45, 7) is 5.85. The molecule has 0 amide bonds. The summed E-state index contributed by atoms with van der Waals surface area (Å²) >= 11 is 0. The molecule has 2 aromatic carbocycles. The van der Waals surface area contributed by atoms with Crippen LogP contribution in [0.15, 0.2) is 42.5 Å². The lowest BCUT2D eigenvalue weighted by Gasteiger charge is -2.15. The molecule has 1 aliphatic heterocycles. The van der Waals surface area contributed by atoms with Crippen molar-refractivity contribution < 1.29 is 4.74 Å². The highest BCUT2D eigenvalue weighted by Gasteiger charge is 2.15. The first-order valence-corrected chi connectivity index (χ1v) is 7.20. The molecule has 3 rings (SSSR count). The van der Waals surface area contributed by atoms with Crippen molar-refractivity contribution in [2.45, 2.75) is 39.0 Å². The van der Waals surface area contributed by atoms with Crippen LogP contribution in [0, 0.1) is 0 Å². The maximum Gasteiger partial charge on any atom is 0.0725 e. The molecule has 0 saturated carbocycles. The van der Waals surface area contributed by atoms with Gasteiger partial charge in [-0.1, -0.05) is 56.3 Å². The van der Waals surface area contributed by atoms with Gasteiger partial charge in [-0.05, 0) is 33.7 Å². The van der Waals surface area contributed by atoms with Crippen molar-refractivity contribution in [2.24, 2.45) is 5.73 Å². The minimum absolute atomic E-state index is 0.0675. The Kier molecular flexibility index (Phi) is 3.60. The van der Waals surface area contributed by atoms with E-state index in [0.717, 1.165) is 17.7 Å². The molecule has 2 heteroatoms. The molecule has 0 aliphatic carbocycles. The summed E-state index contributed by atoms with van der Waals surface area (Å²) in [5, 5.41) is 0. The van der Waals surface area contributed by atoms with E-state index in [9.17, 15) is 0 Å². The largest absolute Gasteiger partial charge is 0.372 e. The molecule has 2 N–H and O–H groups in total. The average Bonchev–Trinajstić information content (AvgIpc) is 2.94. The number of benzene rings is 2. The van der Waals surface area contributed by atoms with E-state index in [1.165, 1.54) is 16.7 Å². The highest BCUT2D eigenvalue weighted by Crippen LogP contribution is 2.27. The van der Waals surface area contributed by atoms with E-state index in [0.29, 0.717) is 12.5 Å². The second-order valence-electron chi connectivity index (χ2n) is 5.82. The number of rotatable bonds is 3. The van der Waals surface area contributed by atoms with Gasteiger partial charge in [-0.15, -0.1) is 0 Å². The van der Waals surface area contributed by atoms with E-state index in [1.807, 2.05) is 0 Å². The smallest absolute Gasteiger partial charge is 0.0725 e. The molecular formula is C18H21NO. The third-order valence-corrected chi connectivity index (χ3v) is 4.07. The van der Waals surface area contributed by atoms with E-state index >= 15 is 0 Å². The van der Waals surface area contributed by atoms with Crippen LogP contribution in [0.1, 0.15) is 53.6 Å². The summed E-state index contributed by atoms with van der Waals surface area (Å²) in [6, 6.07) is 15.0.